The van der Waals surface area contributed by atoms with Gasteiger partial charge in [-0.15, -0.1) is 6.58 Å². The van der Waals surface area contributed by atoms with Gasteiger partial charge in [-0.05, 0) is 18.2 Å². The third-order valence-electron chi connectivity index (χ3n) is 3.54. The largest absolute Gasteiger partial charge is 0.337 e. The first-order chi connectivity index (χ1) is 12.7. The first-order valence-corrected chi connectivity index (χ1v) is 8.34. The number of benzene rings is 2. The van der Waals surface area contributed by atoms with E-state index in [9.17, 15) is 4.79 Å². The molecule has 0 aliphatic heterocycles. The van der Waals surface area contributed by atoms with Crippen molar-refractivity contribution >= 4 is 23.3 Å². The summed E-state index contributed by atoms with van der Waals surface area (Å²) < 4.78 is 5.28. The van der Waals surface area contributed by atoms with Crippen LogP contribution in [0.25, 0.3) is 11.4 Å². The molecule has 0 atom stereocenters. The Kier molecular flexibility index (Phi) is 5.66. The molecule has 0 fully saturated rings. The van der Waals surface area contributed by atoms with Crippen LogP contribution in [-0.4, -0.2) is 27.6 Å². The van der Waals surface area contributed by atoms with Crippen LogP contribution in [0.4, 0.5) is 10.5 Å². The van der Waals surface area contributed by atoms with Gasteiger partial charge < -0.3 is 14.7 Å². The van der Waals surface area contributed by atoms with Gasteiger partial charge >= 0.3 is 6.03 Å². The summed E-state index contributed by atoms with van der Waals surface area (Å²) in [7, 11) is 0. The van der Waals surface area contributed by atoms with Crippen molar-refractivity contribution in [3.05, 3.63) is 78.2 Å². The average Bonchev–Trinajstić information content (AvgIpc) is 3.11. The number of hydrogen-bond acceptors (Lipinski definition) is 4. The SMILES string of the molecule is C=CCN(Cc1nc(-c2ccccc2)no1)C(=O)Nc1cccc(Cl)c1. The summed E-state index contributed by atoms with van der Waals surface area (Å²) in [6.07, 6.45) is 1.63. The number of nitrogens with one attached hydrogen (secondary N) is 1. The van der Waals surface area contributed by atoms with Crippen molar-refractivity contribution < 1.29 is 9.32 Å². The summed E-state index contributed by atoms with van der Waals surface area (Å²) in [5.74, 6) is 0.821. The normalized spacial score (nSPS) is 10.3. The lowest BCUT2D eigenvalue weighted by Crippen LogP contribution is -2.34. The van der Waals surface area contributed by atoms with Crippen molar-refractivity contribution in [1.82, 2.24) is 15.0 Å². The summed E-state index contributed by atoms with van der Waals surface area (Å²) >= 11 is 5.95. The quantitative estimate of drug-likeness (QED) is 0.645. The van der Waals surface area contributed by atoms with Gasteiger partial charge in [-0.3, -0.25) is 0 Å². The van der Waals surface area contributed by atoms with Gasteiger partial charge in [-0.1, -0.05) is 59.2 Å². The molecule has 0 aliphatic carbocycles. The van der Waals surface area contributed by atoms with Crippen LogP contribution in [0, 0.1) is 0 Å². The lowest BCUT2D eigenvalue weighted by atomic mass is 10.2. The van der Waals surface area contributed by atoms with E-state index in [0.717, 1.165) is 5.56 Å². The number of urea groups is 1. The first-order valence-electron chi connectivity index (χ1n) is 7.96. The van der Waals surface area contributed by atoms with Gasteiger partial charge in [-0.25, -0.2) is 4.79 Å². The molecule has 6 nitrogen and oxygen atoms in total. The summed E-state index contributed by atoms with van der Waals surface area (Å²) in [6.45, 7) is 4.18. The molecule has 0 bridgehead atoms. The van der Waals surface area contributed by atoms with E-state index in [1.54, 1.807) is 30.3 Å². The maximum Gasteiger partial charge on any atom is 0.322 e. The highest BCUT2D eigenvalue weighted by Crippen LogP contribution is 2.17. The zero-order valence-electron chi connectivity index (χ0n) is 13.9. The van der Waals surface area contributed by atoms with Crippen molar-refractivity contribution in [2.24, 2.45) is 0 Å². The van der Waals surface area contributed by atoms with Crippen LogP contribution in [0.3, 0.4) is 0 Å². The Labute approximate surface area is 156 Å². The highest BCUT2D eigenvalue weighted by Gasteiger charge is 2.17. The molecular weight excluding hydrogens is 352 g/mol. The molecule has 132 valence electrons. The molecule has 0 unspecified atom stereocenters. The Morgan fingerprint density at radius 1 is 1.23 bits per heavy atom. The molecule has 1 aromatic heterocycles. The average molecular weight is 369 g/mol. The van der Waals surface area contributed by atoms with Crippen LogP contribution in [0.5, 0.6) is 0 Å². The highest BCUT2D eigenvalue weighted by atomic mass is 35.5. The van der Waals surface area contributed by atoms with Crippen LogP contribution >= 0.6 is 11.6 Å². The van der Waals surface area contributed by atoms with Crippen molar-refractivity contribution in [2.75, 3.05) is 11.9 Å². The Morgan fingerprint density at radius 3 is 2.77 bits per heavy atom. The fraction of sp³-hybridized carbons (Fsp3) is 0.105. The van der Waals surface area contributed by atoms with Gasteiger partial charge in [0.05, 0.1) is 0 Å². The van der Waals surface area contributed by atoms with Gasteiger partial charge in [0.1, 0.15) is 6.54 Å². The monoisotopic (exact) mass is 368 g/mol. The smallest absolute Gasteiger partial charge is 0.322 e. The Morgan fingerprint density at radius 2 is 2.04 bits per heavy atom. The fourth-order valence-electron chi connectivity index (χ4n) is 2.33. The number of anilines is 1. The number of nitrogens with zero attached hydrogens (tertiary/aromatic N) is 3. The van der Waals surface area contributed by atoms with Crippen LogP contribution < -0.4 is 5.32 Å². The zero-order valence-corrected chi connectivity index (χ0v) is 14.7. The van der Waals surface area contributed by atoms with Crippen LogP contribution in [0.1, 0.15) is 5.89 Å². The number of carbonyl (C=O) groups is 1. The van der Waals surface area contributed by atoms with E-state index in [4.69, 9.17) is 16.1 Å². The molecule has 0 saturated heterocycles. The van der Waals surface area contributed by atoms with Gasteiger partial charge in [0, 0.05) is 22.8 Å². The number of carbonyl (C=O) groups excluding carboxylic acids is 1. The van der Waals surface area contributed by atoms with E-state index >= 15 is 0 Å². The number of rotatable bonds is 6. The molecule has 0 spiro atoms. The maximum atomic E-state index is 12.5. The fourth-order valence-corrected chi connectivity index (χ4v) is 2.52. The molecule has 1 heterocycles. The zero-order chi connectivity index (χ0) is 18.4. The summed E-state index contributed by atoms with van der Waals surface area (Å²) in [5, 5.41) is 7.30. The minimum Gasteiger partial charge on any atom is -0.337 e. The van der Waals surface area contributed by atoms with Gasteiger partial charge in [0.2, 0.25) is 11.7 Å². The molecule has 7 heteroatoms. The van der Waals surface area contributed by atoms with E-state index in [-0.39, 0.29) is 12.6 Å². The molecule has 1 N–H and O–H groups in total. The second kappa shape index (κ2) is 8.31. The summed E-state index contributed by atoms with van der Waals surface area (Å²) in [6, 6.07) is 16.1. The van der Waals surface area contributed by atoms with Crippen molar-refractivity contribution in [1.29, 1.82) is 0 Å². The predicted molar refractivity (Wildman–Crippen MR) is 101 cm³/mol. The van der Waals surface area contributed by atoms with Gasteiger partial charge in [0.25, 0.3) is 0 Å². The van der Waals surface area contributed by atoms with Crippen molar-refractivity contribution in [2.45, 2.75) is 6.54 Å². The Hall–Kier alpha value is -3.12. The predicted octanol–water partition coefficient (Wildman–Crippen LogP) is 4.61. The van der Waals surface area contributed by atoms with Crippen LogP contribution in [-0.2, 0) is 6.54 Å². The first kappa shape index (κ1) is 17.7. The maximum absolute atomic E-state index is 12.5. The molecule has 3 aromatic rings. The Balaban J connectivity index is 1.71. The standard InChI is InChI=1S/C19H17ClN4O2/c1-2-11-24(19(25)21-16-10-6-9-15(20)12-16)13-17-22-18(23-26-17)14-7-4-3-5-8-14/h2-10,12H,1,11,13H2,(H,21,25). The van der Waals surface area contributed by atoms with E-state index in [1.807, 2.05) is 30.3 Å². The molecule has 0 aliphatic rings. The van der Waals surface area contributed by atoms with Crippen molar-refractivity contribution in [3.8, 4) is 11.4 Å². The second-order valence-electron chi connectivity index (χ2n) is 5.49. The van der Waals surface area contributed by atoms with Gasteiger partial charge in [0.15, 0.2) is 0 Å². The number of halogens is 1. The van der Waals surface area contributed by atoms with Gasteiger partial charge in [-0.2, -0.15) is 4.98 Å². The topological polar surface area (TPSA) is 71.3 Å². The summed E-state index contributed by atoms with van der Waals surface area (Å²) in [5.41, 5.74) is 1.45. The van der Waals surface area contributed by atoms with E-state index in [0.29, 0.717) is 29.0 Å². The lowest BCUT2D eigenvalue weighted by molar-refractivity contribution is 0.206. The highest BCUT2D eigenvalue weighted by molar-refractivity contribution is 6.30. The molecule has 26 heavy (non-hydrogen) atoms. The molecule has 0 radical (unpaired) electrons. The van der Waals surface area contributed by atoms with Crippen molar-refractivity contribution in [3.63, 3.8) is 0 Å². The Bertz CT molecular complexity index is 895. The van der Waals surface area contributed by atoms with E-state index < -0.39 is 0 Å². The lowest BCUT2D eigenvalue weighted by Gasteiger charge is -2.19. The molecular formula is C19H17ClN4O2. The number of amides is 2. The van der Waals surface area contributed by atoms with Crippen LogP contribution in [0.2, 0.25) is 5.02 Å². The third kappa shape index (κ3) is 4.49. The minimum absolute atomic E-state index is 0.165. The summed E-state index contributed by atoms with van der Waals surface area (Å²) in [4.78, 5) is 18.4. The van der Waals surface area contributed by atoms with E-state index in [2.05, 4.69) is 22.0 Å². The minimum atomic E-state index is -0.313. The third-order valence-corrected chi connectivity index (χ3v) is 3.77. The number of hydrogen-bond donors (Lipinski definition) is 1. The molecule has 0 saturated carbocycles. The second-order valence-corrected chi connectivity index (χ2v) is 5.92. The molecule has 2 amide bonds. The van der Waals surface area contributed by atoms with Crippen LogP contribution in [0.15, 0.2) is 71.8 Å². The molecule has 3 rings (SSSR count). The number of aromatic nitrogens is 2. The molecule has 2 aromatic carbocycles. The van der Waals surface area contributed by atoms with E-state index in [1.165, 1.54) is 4.90 Å².